The van der Waals surface area contributed by atoms with Crippen molar-refractivity contribution in [3.63, 3.8) is 0 Å². The number of hydrogen-bond acceptors (Lipinski definition) is 2. The van der Waals surface area contributed by atoms with Gasteiger partial charge in [0.15, 0.2) is 5.96 Å². The number of guanidine groups is 1. The summed E-state index contributed by atoms with van der Waals surface area (Å²) in [6.45, 7) is 5.41. The minimum absolute atomic E-state index is 0.522. The van der Waals surface area contributed by atoms with E-state index >= 15 is 0 Å². The molecule has 0 atom stereocenters. The van der Waals surface area contributed by atoms with Crippen LogP contribution in [0.5, 0.6) is 0 Å². The Balaban J connectivity index is 2.21. The normalized spacial score (nSPS) is 17.0. The monoisotopic (exact) mass is 278 g/mol. The van der Waals surface area contributed by atoms with Crippen molar-refractivity contribution in [2.24, 2.45) is 4.99 Å². The van der Waals surface area contributed by atoms with Crippen LogP contribution in [-0.2, 0) is 0 Å². The molecule has 0 aromatic carbocycles. The minimum Gasteiger partial charge on any atom is -0.357 e. The van der Waals surface area contributed by atoms with E-state index in [1.165, 1.54) is 32.1 Å². The first-order valence-electron chi connectivity index (χ1n) is 7.93. The number of aliphatic imine (C=N–C) groups is 1. The summed E-state index contributed by atoms with van der Waals surface area (Å²) < 4.78 is 0. The zero-order valence-electron chi connectivity index (χ0n) is 13.1. The predicted molar refractivity (Wildman–Crippen MR) is 86.9 cm³/mol. The molecule has 0 aromatic heterocycles. The maximum absolute atomic E-state index is 5.25. The molecule has 4 heteroatoms. The van der Waals surface area contributed by atoms with E-state index in [-0.39, 0.29) is 0 Å². The summed E-state index contributed by atoms with van der Waals surface area (Å²) in [7, 11) is 2.25. The van der Waals surface area contributed by atoms with Crippen molar-refractivity contribution in [2.75, 3.05) is 33.2 Å². The van der Waals surface area contributed by atoms with Crippen LogP contribution in [0.2, 0.25) is 0 Å². The van der Waals surface area contributed by atoms with Crippen molar-refractivity contribution in [1.82, 2.24) is 15.5 Å². The Bertz CT molecular complexity index is 313. The Morgan fingerprint density at radius 3 is 2.70 bits per heavy atom. The molecule has 0 spiro atoms. The second kappa shape index (κ2) is 10.6. The average Bonchev–Trinajstić information content (AvgIpc) is 2.49. The van der Waals surface area contributed by atoms with E-state index in [9.17, 15) is 0 Å². The summed E-state index contributed by atoms with van der Waals surface area (Å²) in [4.78, 5) is 7.05. The summed E-state index contributed by atoms with van der Waals surface area (Å²) in [5.41, 5.74) is 0. The van der Waals surface area contributed by atoms with E-state index in [0.29, 0.717) is 6.54 Å². The van der Waals surface area contributed by atoms with Crippen LogP contribution in [0.3, 0.4) is 0 Å². The third-order valence-electron chi connectivity index (χ3n) is 3.84. The van der Waals surface area contributed by atoms with Crippen molar-refractivity contribution in [1.29, 1.82) is 0 Å². The topological polar surface area (TPSA) is 39.7 Å². The molecule has 0 bridgehead atoms. The summed E-state index contributed by atoms with van der Waals surface area (Å²) >= 11 is 0. The number of hydrogen-bond donors (Lipinski definition) is 2. The molecule has 0 aromatic rings. The Kier molecular flexibility index (Phi) is 8.90. The molecule has 20 heavy (non-hydrogen) atoms. The summed E-state index contributed by atoms with van der Waals surface area (Å²) in [5.74, 6) is 3.39. The van der Waals surface area contributed by atoms with Gasteiger partial charge in [-0.3, -0.25) is 4.99 Å². The van der Waals surface area contributed by atoms with Gasteiger partial charge in [-0.15, -0.1) is 6.42 Å². The van der Waals surface area contributed by atoms with Crippen molar-refractivity contribution in [3.05, 3.63) is 0 Å². The van der Waals surface area contributed by atoms with Gasteiger partial charge in [0.1, 0.15) is 0 Å². The van der Waals surface area contributed by atoms with Crippen LogP contribution in [0.4, 0.5) is 0 Å². The Morgan fingerprint density at radius 1 is 1.30 bits per heavy atom. The average molecular weight is 278 g/mol. The van der Waals surface area contributed by atoms with Crippen LogP contribution in [0, 0.1) is 12.3 Å². The zero-order valence-corrected chi connectivity index (χ0v) is 13.1. The van der Waals surface area contributed by atoms with Gasteiger partial charge in [-0.25, -0.2) is 0 Å². The van der Waals surface area contributed by atoms with Crippen molar-refractivity contribution >= 4 is 5.96 Å². The fourth-order valence-electron chi connectivity index (χ4n) is 2.69. The molecule has 0 amide bonds. The highest BCUT2D eigenvalue weighted by Gasteiger charge is 2.17. The fraction of sp³-hybridized carbons (Fsp3) is 0.812. The van der Waals surface area contributed by atoms with E-state index in [2.05, 4.69) is 40.4 Å². The molecule has 1 aliphatic rings. The first kappa shape index (κ1) is 16.8. The van der Waals surface area contributed by atoms with Crippen LogP contribution in [-0.4, -0.2) is 50.1 Å². The molecular weight excluding hydrogens is 248 g/mol. The third-order valence-corrected chi connectivity index (χ3v) is 3.84. The Morgan fingerprint density at radius 2 is 2.05 bits per heavy atom. The van der Waals surface area contributed by atoms with Crippen LogP contribution in [0.1, 0.15) is 45.4 Å². The molecule has 0 unspecified atom stereocenters. The highest BCUT2D eigenvalue weighted by Crippen LogP contribution is 2.21. The van der Waals surface area contributed by atoms with Crippen LogP contribution in [0.15, 0.2) is 4.99 Å². The molecule has 114 valence electrons. The first-order valence-corrected chi connectivity index (χ1v) is 7.93. The lowest BCUT2D eigenvalue weighted by atomic mass is 9.94. The highest BCUT2D eigenvalue weighted by molar-refractivity contribution is 5.79. The maximum atomic E-state index is 5.25. The molecule has 1 saturated carbocycles. The zero-order chi connectivity index (χ0) is 14.6. The smallest absolute Gasteiger partial charge is 0.192 e. The molecule has 0 aliphatic heterocycles. The van der Waals surface area contributed by atoms with Crippen molar-refractivity contribution in [2.45, 2.75) is 51.5 Å². The van der Waals surface area contributed by atoms with Crippen LogP contribution in [0.25, 0.3) is 0 Å². The third kappa shape index (κ3) is 6.81. The second-order valence-corrected chi connectivity index (χ2v) is 5.44. The van der Waals surface area contributed by atoms with E-state index in [1.54, 1.807) is 0 Å². The quantitative estimate of drug-likeness (QED) is 0.323. The van der Waals surface area contributed by atoms with Crippen molar-refractivity contribution in [3.8, 4) is 12.3 Å². The first-order chi connectivity index (χ1) is 9.77. The second-order valence-electron chi connectivity index (χ2n) is 5.44. The van der Waals surface area contributed by atoms with Crippen molar-refractivity contribution < 1.29 is 0 Å². The lowest BCUT2D eigenvalue weighted by molar-refractivity contribution is 0.191. The van der Waals surface area contributed by atoms with Gasteiger partial charge in [0.25, 0.3) is 0 Å². The molecule has 4 nitrogen and oxygen atoms in total. The predicted octanol–water partition coefficient (Wildman–Crippen LogP) is 1.83. The van der Waals surface area contributed by atoms with Gasteiger partial charge in [0.2, 0.25) is 0 Å². The van der Waals surface area contributed by atoms with Crippen LogP contribution >= 0.6 is 0 Å². The maximum Gasteiger partial charge on any atom is 0.192 e. The summed E-state index contributed by atoms with van der Waals surface area (Å²) in [5, 5.41) is 6.31. The van der Waals surface area contributed by atoms with Gasteiger partial charge in [0.05, 0.1) is 6.54 Å². The molecule has 0 radical (unpaired) electrons. The van der Waals surface area contributed by atoms with E-state index in [0.717, 1.165) is 38.1 Å². The molecule has 0 heterocycles. The van der Waals surface area contributed by atoms with Gasteiger partial charge in [-0.2, -0.15) is 0 Å². The molecular formula is C16H30N4. The Hall–Kier alpha value is -1.21. The van der Waals surface area contributed by atoms with Gasteiger partial charge >= 0.3 is 0 Å². The molecule has 0 saturated heterocycles. The fourth-order valence-corrected chi connectivity index (χ4v) is 2.69. The van der Waals surface area contributed by atoms with Gasteiger partial charge < -0.3 is 15.5 Å². The number of nitrogens with zero attached hydrogens (tertiary/aromatic N) is 2. The summed E-state index contributed by atoms with van der Waals surface area (Å²) in [6.07, 6.45) is 13.3. The highest BCUT2D eigenvalue weighted by atomic mass is 15.2. The van der Waals surface area contributed by atoms with Gasteiger partial charge in [-0.1, -0.05) is 25.2 Å². The molecule has 1 fully saturated rings. The van der Waals surface area contributed by atoms with Gasteiger partial charge in [0, 0.05) is 19.1 Å². The van der Waals surface area contributed by atoms with E-state index in [1.807, 2.05) is 0 Å². The van der Waals surface area contributed by atoms with E-state index in [4.69, 9.17) is 6.42 Å². The largest absolute Gasteiger partial charge is 0.357 e. The molecule has 2 N–H and O–H groups in total. The van der Waals surface area contributed by atoms with Gasteiger partial charge in [-0.05, 0) is 39.8 Å². The molecule has 1 rings (SSSR count). The molecule has 1 aliphatic carbocycles. The van der Waals surface area contributed by atoms with E-state index < -0.39 is 0 Å². The lowest BCUT2D eigenvalue weighted by Gasteiger charge is -2.31. The SMILES string of the molecule is C#CCNC(=NCCCN(C)C1CCCCC1)NCC. The number of terminal acetylenes is 1. The summed E-state index contributed by atoms with van der Waals surface area (Å²) in [6, 6.07) is 0.792. The number of rotatable bonds is 7. The standard InChI is InChI=1S/C16H30N4/c1-4-12-18-16(17-5-2)19-13-9-14-20(3)15-10-7-6-8-11-15/h1,15H,5-14H2,2-3H3,(H2,17,18,19). The lowest BCUT2D eigenvalue weighted by Crippen LogP contribution is -2.38. The van der Waals surface area contributed by atoms with Crippen LogP contribution < -0.4 is 10.6 Å². The number of nitrogens with one attached hydrogen (secondary N) is 2. The Labute approximate surface area is 124 Å². The minimum atomic E-state index is 0.522.